The normalized spacial score (nSPS) is 10.4. The lowest BCUT2D eigenvalue weighted by Crippen LogP contribution is -2.40. The Labute approximate surface area is 178 Å². The average molecular weight is 429 g/mol. The molecule has 0 spiro atoms. The van der Waals surface area contributed by atoms with E-state index < -0.39 is 11.9 Å². The van der Waals surface area contributed by atoms with E-state index in [0.717, 1.165) is 12.2 Å². The summed E-state index contributed by atoms with van der Waals surface area (Å²) in [5, 5.41) is 5.47. The van der Waals surface area contributed by atoms with Crippen molar-refractivity contribution in [2.45, 2.75) is 40.5 Å². The van der Waals surface area contributed by atoms with Gasteiger partial charge in [-0.15, -0.1) is 0 Å². The quantitative estimate of drug-likeness (QED) is 0.246. The molecule has 172 valence electrons. The fourth-order valence-corrected chi connectivity index (χ4v) is 2.36. The highest BCUT2D eigenvalue weighted by molar-refractivity contribution is 5.91. The Hall–Kier alpha value is -2.78. The number of nitrogens with one attached hydrogen (secondary N) is 2. The maximum absolute atomic E-state index is 11.7. The van der Waals surface area contributed by atoms with Gasteiger partial charge in [0.1, 0.15) is 0 Å². The molecule has 0 rings (SSSR count). The summed E-state index contributed by atoms with van der Waals surface area (Å²) in [7, 11) is 0. The minimum Gasteiger partial charge on any atom is -0.462 e. The zero-order valence-corrected chi connectivity index (χ0v) is 18.6. The maximum atomic E-state index is 11.7. The minimum absolute atomic E-state index is 0.128. The summed E-state index contributed by atoms with van der Waals surface area (Å²) in [5.41, 5.74) is 0. The Morgan fingerprint density at radius 2 is 1.00 bits per heavy atom. The Kier molecular flexibility index (Phi) is 15.5. The summed E-state index contributed by atoms with van der Waals surface area (Å²) in [6.07, 6.45) is 2.93. The lowest BCUT2D eigenvalue weighted by Gasteiger charge is -2.19. The van der Waals surface area contributed by atoms with E-state index in [1.54, 1.807) is 9.80 Å². The first-order valence-electron chi connectivity index (χ1n) is 10.5. The number of amides is 4. The van der Waals surface area contributed by atoms with Crippen LogP contribution in [-0.2, 0) is 19.1 Å². The average Bonchev–Trinajstić information content (AvgIpc) is 2.73. The first-order chi connectivity index (χ1) is 14.4. The summed E-state index contributed by atoms with van der Waals surface area (Å²) >= 11 is 0. The molecule has 0 aromatic rings. The van der Waals surface area contributed by atoms with Crippen molar-refractivity contribution in [2.75, 3.05) is 52.5 Å². The van der Waals surface area contributed by atoms with Crippen LogP contribution in [-0.4, -0.2) is 86.3 Å². The van der Waals surface area contributed by atoms with Crippen LogP contribution in [0.2, 0.25) is 0 Å². The molecule has 0 radical (unpaired) electrons. The molecular formula is C20H36N4O6. The van der Waals surface area contributed by atoms with E-state index in [9.17, 15) is 19.2 Å². The van der Waals surface area contributed by atoms with E-state index in [1.165, 1.54) is 0 Å². The lowest BCUT2D eigenvalue weighted by molar-refractivity contribution is -0.140. The molecular weight excluding hydrogens is 392 g/mol. The third-order valence-electron chi connectivity index (χ3n) is 4.14. The minimum atomic E-state index is -0.659. The van der Waals surface area contributed by atoms with Gasteiger partial charge in [0.2, 0.25) is 0 Å². The van der Waals surface area contributed by atoms with Crippen LogP contribution in [0.25, 0.3) is 0 Å². The number of ether oxygens (including phenoxy) is 2. The van der Waals surface area contributed by atoms with Gasteiger partial charge in [-0.1, -0.05) is 0 Å². The van der Waals surface area contributed by atoms with Gasteiger partial charge < -0.3 is 29.9 Å². The first kappa shape index (κ1) is 27.2. The summed E-state index contributed by atoms with van der Waals surface area (Å²) in [6, 6.07) is -0.303. The fraction of sp³-hybridized carbons (Fsp3) is 0.700. The van der Waals surface area contributed by atoms with Crippen molar-refractivity contribution < 1.29 is 28.7 Å². The predicted molar refractivity (Wildman–Crippen MR) is 113 cm³/mol. The molecule has 0 atom stereocenters. The van der Waals surface area contributed by atoms with Gasteiger partial charge in [-0.2, -0.15) is 0 Å². The van der Waals surface area contributed by atoms with Crippen molar-refractivity contribution in [2.24, 2.45) is 0 Å². The molecule has 0 aliphatic heterocycles. The Morgan fingerprint density at radius 1 is 0.667 bits per heavy atom. The van der Waals surface area contributed by atoms with Crippen molar-refractivity contribution in [3.8, 4) is 0 Å². The number of urea groups is 2. The van der Waals surface area contributed by atoms with E-state index in [-0.39, 0.29) is 25.3 Å². The predicted octanol–water partition coefficient (Wildman–Crippen LogP) is 1.51. The summed E-state index contributed by atoms with van der Waals surface area (Å²) in [6.45, 7) is 11.1. The molecule has 0 aliphatic rings. The maximum Gasteiger partial charge on any atom is 0.331 e. The van der Waals surface area contributed by atoms with Crippen molar-refractivity contribution in [3.63, 3.8) is 0 Å². The molecule has 10 heteroatoms. The molecule has 0 saturated carbocycles. The van der Waals surface area contributed by atoms with Gasteiger partial charge in [-0.3, -0.25) is 0 Å². The molecule has 2 N–H and O–H groups in total. The second-order valence-corrected chi connectivity index (χ2v) is 6.18. The highest BCUT2D eigenvalue weighted by atomic mass is 16.5. The second kappa shape index (κ2) is 17.1. The van der Waals surface area contributed by atoms with Gasteiger partial charge in [0, 0.05) is 51.4 Å². The van der Waals surface area contributed by atoms with Crippen molar-refractivity contribution in [1.82, 2.24) is 20.4 Å². The lowest BCUT2D eigenvalue weighted by atomic mass is 10.4. The molecule has 0 saturated heterocycles. The SMILES string of the molecule is CCN(CC)C(=O)NCCCOC(=O)/C=C/C(=O)OCCCNC(=O)N(CC)CC. The van der Waals surface area contributed by atoms with Crippen LogP contribution in [0, 0.1) is 0 Å². The van der Waals surface area contributed by atoms with Crippen LogP contribution in [0.15, 0.2) is 12.2 Å². The van der Waals surface area contributed by atoms with Gasteiger partial charge in [0.15, 0.2) is 0 Å². The number of esters is 2. The van der Waals surface area contributed by atoms with Crippen molar-refractivity contribution >= 4 is 24.0 Å². The van der Waals surface area contributed by atoms with Crippen LogP contribution in [0.1, 0.15) is 40.5 Å². The molecule has 0 bridgehead atoms. The number of rotatable bonds is 14. The summed E-state index contributed by atoms with van der Waals surface area (Å²) in [4.78, 5) is 49.8. The molecule has 10 nitrogen and oxygen atoms in total. The topological polar surface area (TPSA) is 117 Å². The molecule has 4 amide bonds. The smallest absolute Gasteiger partial charge is 0.331 e. The number of hydrogen-bond acceptors (Lipinski definition) is 6. The summed E-state index contributed by atoms with van der Waals surface area (Å²) < 4.78 is 9.90. The van der Waals surface area contributed by atoms with Gasteiger partial charge in [-0.25, -0.2) is 19.2 Å². The Bertz CT molecular complexity index is 511. The molecule has 30 heavy (non-hydrogen) atoms. The number of carbonyl (C=O) groups excluding carboxylic acids is 4. The third kappa shape index (κ3) is 12.6. The second-order valence-electron chi connectivity index (χ2n) is 6.18. The van der Waals surface area contributed by atoms with Crippen molar-refractivity contribution in [1.29, 1.82) is 0 Å². The van der Waals surface area contributed by atoms with E-state index in [4.69, 9.17) is 9.47 Å². The zero-order valence-electron chi connectivity index (χ0n) is 18.6. The molecule has 0 fully saturated rings. The number of nitrogens with zero attached hydrogens (tertiary/aromatic N) is 2. The number of hydrogen-bond donors (Lipinski definition) is 2. The summed E-state index contributed by atoms with van der Waals surface area (Å²) in [5.74, 6) is -1.32. The Morgan fingerprint density at radius 3 is 1.30 bits per heavy atom. The van der Waals surface area contributed by atoms with E-state index in [0.29, 0.717) is 52.1 Å². The first-order valence-corrected chi connectivity index (χ1v) is 10.5. The Balaban J connectivity index is 3.82. The van der Waals surface area contributed by atoms with Crippen LogP contribution in [0.3, 0.4) is 0 Å². The third-order valence-corrected chi connectivity index (χ3v) is 4.14. The highest BCUT2D eigenvalue weighted by Gasteiger charge is 2.09. The van der Waals surface area contributed by atoms with E-state index in [2.05, 4.69) is 10.6 Å². The van der Waals surface area contributed by atoms with Crippen molar-refractivity contribution in [3.05, 3.63) is 12.2 Å². The molecule has 0 unspecified atom stereocenters. The van der Waals surface area contributed by atoms with Gasteiger partial charge >= 0.3 is 24.0 Å². The van der Waals surface area contributed by atoms with Crippen LogP contribution < -0.4 is 10.6 Å². The number of carbonyl (C=O) groups is 4. The van der Waals surface area contributed by atoms with Gasteiger partial charge in [0.25, 0.3) is 0 Å². The molecule has 0 heterocycles. The van der Waals surface area contributed by atoms with E-state index in [1.807, 2.05) is 27.7 Å². The molecule has 0 aromatic heterocycles. The van der Waals surface area contributed by atoms with Crippen LogP contribution >= 0.6 is 0 Å². The largest absolute Gasteiger partial charge is 0.462 e. The zero-order chi connectivity index (χ0) is 22.8. The van der Waals surface area contributed by atoms with Gasteiger partial charge in [0.05, 0.1) is 13.2 Å². The van der Waals surface area contributed by atoms with E-state index >= 15 is 0 Å². The standard InChI is InChI=1S/C20H36N4O6/c1-5-23(6-2)19(27)21-13-9-15-29-17(25)11-12-18(26)30-16-10-14-22-20(28)24(7-3)8-4/h11-12H,5-10,13-16H2,1-4H3,(H,21,27)(H,22,28)/b12-11+. The van der Waals surface area contributed by atoms with Gasteiger partial charge in [-0.05, 0) is 40.5 Å². The monoisotopic (exact) mass is 428 g/mol. The molecule has 0 aromatic carbocycles. The fourth-order valence-electron chi connectivity index (χ4n) is 2.36. The highest BCUT2D eigenvalue weighted by Crippen LogP contribution is 1.92. The van der Waals surface area contributed by atoms with Crippen LogP contribution in [0.5, 0.6) is 0 Å². The van der Waals surface area contributed by atoms with Crippen LogP contribution in [0.4, 0.5) is 9.59 Å². The molecule has 0 aliphatic carbocycles.